The fourth-order valence-corrected chi connectivity index (χ4v) is 1.60. The fraction of sp³-hybridized carbons (Fsp3) is 0.417. The topological polar surface area (TPSA) is 77.8 Å². The second-order valence-corrected chi connectivity index (χ2v) is 3.86. The molecule has 90 valence electrons. The third-order valence-corrected chi connectivity index (χ3v) is 2.45. The van der Waals surface area contributed by atoms with Crippen LogP contribution in [0, 0.1) is 25.2 Å². The molecule has 2 N–H and O–H groups in total. The second-order valence-electron chi connectivity index (χ2n) is 3.86. The van der Waals surface area contributed by atoms with Crippen molar-refractivity contribution in [2.45, 2.75) is 26.8 Å². The van der Waals surface area contributed by atoms with Crippen molar-refractivity contribution < 1.29 is 4.79 Å². The Labute approximate surface area is 101 Å². The lowest BCUT2D eigenvalue weighted by molar-refractivity contribution is -0.121. The highest BCUT2D eigenvalue weighted by Gasteiger charge is 2.14. The van der Waals surface area contributed by atoms with Gasteiger partial charge in [-0.25, -0.2) is 0 Å². The molecule has 0 radical (unpaired) electrons. The van der Waals surface area contributed by atoms with Crippen LogP contribution >= 0.6 is 0 Å². The molecular weight excluding hydrogens is 216 g/mol. The molecule has 1 rings (SSSR count). The predicted octanol–water partition coefficient (Wildman–Crippen LogP) is 1.12. The van der Waals surface area contributed by atoms with Gasteiger partial charge in [-0.2, -0.15) is 5.26 Å². The van der Waals surface area contributed by atoms with Crippen LogP contribution in [0.3, 0.4) is 0 Å². The summed E-state index contributed by atoms with van der Waals surface area (Å²) in [5, 5.41) is 14.6. The van der Waals surface area contributed by atoms with Gasteiger partial charge in [0.15, 0.2) is 0 Å². The zero-order chi connectivity index (χ0) is 13.0. The SMILES string of the molecule is CNC(=O)C(C)Nc1cc(C)nc(C)c1C#N. The number of anilines is 1. The van der Waals surface area contributed by atoms with Crippen molar-refractivity contribution in [2.75, 3.05) is 12.4 Å². The number of nitrogens with one attached hydrogen (secondary N) is 2. The zero-order valence-electron chi connectivity index (χ0n) is 10.5. The Morgan fingerprint density at radius 3 is 2.71 bits per heavy atom. The fourth-order valence-electron chi connectivity index (χ4n) is 1.60. The van der Waals surface area contributed by atoms with Crippen LogP contribution in [0.4, 0.5) is 5.69 Å². The number of rotatable bonds is 3. The van der Waals surface area contributed by atoms with E-state index in [2.05, 4.69) is 21.7 Å². The van der Waals surface area contributed by atoms with Gasteiger partial charge in [0.05, 0.1) is 16.9 Å². The van der Waals surface area contributed by atoms with Crippen LogP contribution in [-0.4, -0.2) is 24.0 Å². The normalized spacial score (nSPS) is 11.5. The maximum Gasteiger partial charge on any atom is 0.241 e. The summed E-state index contributed by atoms with van der Waals surface area (Å²) in [7, 11) is 1.58. The Balaban J connectivity index is 3.06. The molecule has 1 unspecified atom stereocenters. The zero-order valence-corrected chi connectivity index (χ0v) is 10.5. The van der Waals surface area contributed by atoms with Gasteiger partial charge in [-0.1, -0.05) is 0 Å². The number of amides is 1. The average molecular weight is 232 g/mol. The first-order chi connectivity index (χ1) is 7.99. The number of pyridine rings is 1. The molecule has 1 amide bonds. The molecule has 0 bridgehead atoms. The van der Waals surface area contributed by atoms with Crippen molar-refractivity contribution in [3.8, 4) is 6.07 Å². The molecular formula is C12H16N4O. The van der Waals surface area contributed by atoms with E-state index in [1.807, 2.05) is 6.92 Å². The Bertz CT molecular complexity index is 476. The minimum atomic E-state index is -0.395. The minimum Gasteiger partial charge on any atom is -0.373 e. The van der Waals surface area contributed by atoms with Gasteiger partial charge in [-0.05, 0) is 26.8 Å². The molecule has 0 aliphatic rings. The molecule has 5 nitrogen and oxygen atoms in total. The van der Waals surface area contributed by atoms with Crippen LogP contribution in [-0.2, 0) is 4.79 Å². The standard InChI is InChI=1S/C12H16N4O/c1-7-5-11(10(6-13)8(2)15-7)16-9(3)12(17)14-4/h5,9H,1-4H3,(H,14,17)(H,15,16). The predicted molar refractivity (Wildman–Crippen MR) is 65.6 cm³/mol. The maximum absolute atomic E-state index is 11.4. The van der Waals surface area contributed by atoms with E-state index in [-0.39, 0.29) is 5.91 Å². The van der Waals surface area contributed by atoms with Crippen LogP contribution < -0.4 is 10.6 Å². The van der Waals surface area contributed by atoms with Gasteiger partial charge in [0.2, 0.25) is 5.91 Å². The Morgan fingerprint density at radius 1 is 1.53 bits per heavy atom. The molecule has 1 aromatic heterocycles. The molecule has 1 heterocycles. The van der Waals surface area contributed by atoms with E-state index >= 15 is 0 Å². The van der Waals surface area contributed by atoms with Crippen molar-refractivity contribution in [3.05, 3.63) is 23.0 Å². The minimum absolute atomic E-state index is 0.124. The van der Waals surface area contributed by atoms with Crippen molar-refractivity contribution in [1.29, 1.82) is 5.26 Å². The van der Waals surface area contributed by atoms with Crippen molar-refractivity contribution in [2.24, 2.45) is 0 Å². The Kier molecular flexibility index (Phi) is 4.05. The Morgan fingerprint density at radius 2 is 2.18 bits per heavy atom. The first kappa shape index (κ1) is 13.0. The van der Waals surface area contributed by atoms with Crippen molar-refractivity contribution in [1.82, 2.24) is 10.3 Å². The summed E-state index contributed by atoms with van der Waals surface area (Å²) < 4.78 is 0. The molecule has 17 heavy (non-hydrogen) atoms. The van der Waals surface area contributed by atoms with E-state index in [1.54, 1.807) is 27.0 Å². The van der Waals surface area contributed by atoms with Gasteiger partial charge >= 0.3 is 0 Å². The van der Waals surface area contributed by atoms with Crippen molar-refractivity contribution >= 4 is 11.6 Å². The monoisotopic (exact) mass is 232 g/mol. The molecule has 0 aliphatic carbocycles. The van der Waals surface area contributed by atoms with Crippen LogP contribution in [0.25, 0.3) is 0 Å². The number of likely N-dealkylation sites (N-methyl/N-ethyl adjacent to an activating group) is 1. The molecule has 0 fully saturated rings. The van der Waals surface area contributed by atoms with Gasteiger partial charge in [-0.15, -0.1) is 0 Å². The van der Waals surface area contributed by atoms with E-state index in [0.717, 1.165) is 5.69 Å². The summed E-state index contributed by atoms with van der Waals surface area (Å²) in [5.41, 5.74) is 2.60. The molecule has 0 spiro atoms. The summed E-state index contributed by atoms with van der Waals surface area (Å²) in [4.78, 5) is 15.6. The highest BCUT2D eigenvalue weighted by molar-refractivity contribution is 5.84. The second kappa shape index (κ2) is 5.30. The molecule has 0 saturated carbocycles. The number of aryl methyl sites for hydroxylation is 2. The third-order valence-electron chi connectivity index (χ3n) is 2.45. The highest BCUT2D eigenvalue weighted by atomic mass is 16.2. The maximum atomic E-state index is 11.4. The first-order valence-corrected chi connectivity index (χ1v) is 5.36. The lowest BCUT2D eigenvalue weighted by Crippen LogP contribution is -2.35. The molecule has 0 saturated heterocycles. The van der Waals surface area contributed by atoms with Gasteiger partial charge < -0.3 is 10.6 Å². The number of hydrogen-bond acceptors (Lipinski definition) is 4. The van der Waals surface area contributed by atoms with Crippen LogP contribution in [0.5, 0.6) is 0 Å². The molecule has 5 heteroatoms. The number of aromatic nitrogens is 1. The van der Waals surface area contributed by atoms with E-state index < -0.39 is 6.04 Å². The van der Waals surface area contributed by atoms with E-state index in [1.165, 1.54) is 0 Å². The summed E-state index contributed by atoms with van der Waals surface area (Å²) >= 11 is 0. The van der Waals surface area contributed by atoms with Crippen LogP contribution in [0.1, 0.15) is 23.9 Å². The first-order valence-electron chi connectivity index (χ1n) is 5.36. The van der Waals surface area contributed by atoms with E-state index in [4.69, 9.17) is 5.26 Å². The lowest BCUT2D eigenvalue weighted by Gasteiger charge is -2.16. The molecule has 1 atom stereocenters. The van der Waals surface area contributed by atoms with Crippen molar-refractivity contribution in [3.63, 3.8) is 0 Å². The number of nitriles is 1. The molecule has 0 aliphatic heterocycles. The van der Waals surface area contributed by atoms with Gasteiger partial charge in [0, 0.05) is 12.7 Å². The van der Waals surface area contributed by atoms with Crippen LogP contribution in [0.2, 0.25) is 0 Å². The summed E-state index contributed by atoms with van der Waals surface area (Å²) in [6.45, 7) is 5.37. The summed E-state index contributed by atoms with van der Waals surface area (Å²) in [5.74, 6) is -0.124. The van der Waals surface area contributed by atoms with Gasteiger partial charge in [0.1, 0.15) is 12.1 Å². The largest absolute Gasteiger partial charge is 0.373 e. The molecule has 1 aromatic rings. The third kappa shape index (κ3) is 2.94. The number of hydrogen-bond donors (Lipinski definition) is 2. The Hall–Kier alpha value is -2.09. The number of carbonyl (C=O) groups excluding carboxylic acids is 1. The van der Waals surface area contributed by atoms with Crippen LogP contribution in [0.15, 0.2) is 6.07 Å². The number of carbonyl (C=O) groups is 1. The van der Waals surface area contributed by atoms with E-state index in [0.29, 0.717) is 16.9 Å². The average Bonchev–Trinajstić information content (AvgIpc) is 2.27. The summed E-state index contributed by atoms with van der Waals surface area (Å²) in [6.07, 6.45) is 0. The highest BCUT2D eigenvalue weighted by Crippen LogP contribution is 2.19. The van der Waals surface area contributed by atoms with E-state index in [9.17, 15) is 4.79 Å². The lowest BCUT2D eigenvalue weighted by atomic mass is 10.1. The van der Waals surface area contributed by atoms with Gasteiger partial charge in [0.25, 0.3) is 0 Å². The summed E-state index contributed by atoms with van der Waals surface area (Å²) in [6, 6.07) is 3.47. The quantitative estimate of drug-likeness (QED) is 0.818. The smallest absolute Gasteiger partial charge is 0.241 e. The molecule has 0 aromatic carbocycles. The number of nitrogens with zero attached hydrogens (tertiary/aromatic N) is 2. The van der Waals surface area contributed by atoms with Gasteiger partial charge in [-0.3, -0.25) is 9.78 Å².